The van der Waals surface area contributed by atoms with E-state index in [1.165, 1.54) is 7.11 Å². The van der Waals surface area contributed by atoms with Crippen molar-refractivity contribution in [2.75, 3.05) is 12.8 Å². The first-order valence-corrected chi connectivity index (χ1v) is 5.07. The molecule has 13 heavy (non-hydrogen) atoms. The number of nitrogen functional groups attached to an aromatic ring is 1. The second kappa shape index (κ2) is 4.39. The molecule has 0 saturated heterocycles. The van der Waals surface area contributed by atoms with Gasteiger partial charge in [0.25, 0.3) is 0 Å². The minimum Gasteiger partial charge on any atom is -0.397 e. The molecule has 72 valence electrons. The van der Waals surface area contributed by atoms with Crippen molar-refractivity contribution in [3.63, 3.8) is 0 Å². The fourth-order valence-electron chi connectivity index (χ4n) is 0.919. The lowest BCUT2D eigenvalue weighted by atomic mass is 10.2. The van der Waals surface area contributed by atoms with Crippen LogP contribution in [0.5, 0.6) is 0 Å². The van der Waals surface area contributed by atoms with E-state index in [-0.39, 0.29) is 16.9 Å². The number of rotatable bonds is 2. The predicted octanol–water partition coefficient (Wildman–Crippen LogP) is 3.08. The molecule has 0 spiro atoms. The lowest BCUT2D eigenvalue weighted by Crippen LogP contribution is -1.98. The zero-order valence-corrected chi connectivity index (χ0v) is 10.1. The molecule has 0 heterocycles. The van der Waals surface area contributed by atoms with Gasteiger partial charge in [0, 0.05) is 17.1 Å². The summed E-state index contributed by atoms with van der Waals surface area (Å²) >= 11 is 6.29. The van der Waals surface area contributed by atoms with Crippen molar-refractivity contribution in [3.05, 3.63) is 26.4 Å². The van der Waals surface area contributed by atoms with Crippen LogP contribution in [0.4, 0.5) is 10.1 Å². The Morgan fingerprint density at radius 2 is 2.15 bits per heavy atom. The maximum Gasteiger partial charge on any atom is 0.145 e. The van der Waals surface area contributed by atoms with Crippen LogP contribution in [0.15, 0.2) is 15.0 Å². The third-order valence-corrected chi connectivity index (χ3v) is 3.00. The Morgan fingerprint density at radius 3 is 2.69 bits per heavy atom. The summed E-state index contributed by atoms with van der Waals surface area (Å²) in [7, 11) is 1.51. The molecule has 0 amide bonds. The first kappa shape index (κ1) is 10.9. The fraction of sp³-hybridized carbons (Fsp3) is 0.250. The van der Waals surface area contributed by atoms with Gasteiger partial charge in [0.2, 0.25) is 0 Å². The predicted molar refractivity (Wildman–Crippen MR) is 56.9 cm³/mol. The van der Waals surface area contributed by atoms with Crippen molar-refractivity contribution in [2.45, 2.75) is 6.61 Å². The summed E-state index contributed by atoms with van der Waals surface area (Å²) in [5, 5.41) is 0. The maximum absolute atomic E-state index is 13.4. The van der Waals surface area contributed by atoms with Crippen LogP contribution in [-0.2, 0) is 11.3 Å². The standard InChI is InChI=1S/C8H8Br2FNO/c1-13-3-4-2-5(9)8(12)6(10)7(4)11/h2H,3,12H2,1H3. The van der Waals surface area contributed by atoms with Crippen LogP contribution in [-0.4, -0.2) is 7.11 Å². The minimum absolute atomic E-state index is 0.226. The molecule has 1 rings (SSSR count). The average molecular weight is 313 g/mol. The molecule has 0 fully saturated rings. The quantitative estimate of drug-likeness (QED) is 0.673. The number of hydrogen-bond donors (Lipinski definition) is 1. The molecular formula is C8H8Br2FNO. The van der Waals surface area contributed by atoms with Crippen molar-refractivity contribution in [2.24, 2.45) is 0 Å². The molecule has 0 aliphatic heterocycles. The molecule has 0 aliphatic carbocycles. The Balaban J connectivity index is 3.24. The van der Waals surface area contributed by atoms with E-state index in [1.54, 1.807) is 6.07 Å². The van der Waals surface area contributed by atoms with Crippen molar-refractivity contribution in [3.8, 4) is 0 Å². The monoisotopic (exact) mass is 311 g/mol. The smallest absolute Gasteiger partial charge is 0.145 e. The Hall–Kier alpha value is -0.130. The number of hydrogen-bond acceptors (Lipinski definition) is 2. The van der Waals surface area contributed by atoms with Crippen molar-refractivity contribution < 1.29 is 9.13 Å². The second-order valence-corrected chi connectivity index (χ2v) is 4.14. The molecule has 0 unspecified atom stereocenters. The number of anilines is 1. The number of halogens is 3. The van der Waals surface area contributed by atoms with Crippen LogP contribution in [0.1, 0.15) is 5.56 Å². The first-order valence-electron chi connectivity index (χ1n) is 3.48. The van der Waals surface area contributed by atoms with E-state index in [1.807, 2.05) is 0 Å². The van der Waals surface area contributed by atoms with Crippen molar-refractivity contribution in [1.82, 2.24) is 0 Å². The van der Waals surface area contributed by atoms with Gasteiger partial charge in [-0.15, -0.1) is 0 Å². The van der Waals surface area contributed by atoms with E-state index in [0.717, 1.165) is 0 Å². The number of benzene rings is 1. The van der Waals surface area contributed by atoms with E-state index < -0.39 is 0 Å². The summed E-state index contributed by atoms with van der Waals surface area (Å²) < 4.78 is 19.2. The molecule has 0 saturated carbocycles. The van der Waals surface area contributed by atoms with Gasteiger partial charge in [0.05, 0.1) is 16.8 Å². The first-order chi connectivity index (χ1) is 6.07. The normalized spacial score (nSPS) is 10.5. The van der Waals surface area contributed by atoms with Crippen LogP contribution in [0.25, 0.3) is 0 Å². The van der Waals surface area contributed by atoms with Gasteiger partial charge < -0.3 is 10.5 Å². The van der Waals surface area contributed by atoms with Gasteiger partial charge in [-0.05, 0) is 37.9 Å². The number of ether oxygens (including phenoxy) is 1. The van der Waals surface area contributed by atoms with Crippen LogP contribution >= 0.6 is 31.9 Å². The highest BCUT2D eigenvalue weighted by molar-refractivity contribution is 9.11. The molecule has 2 N–H and O–H groups in total. The minimum atomic E-state index is -0.373. The van der Waals surface area contributed by atoms with Gasteiger partial charge in [0.1, 0.15) is 5.82 Å². The average Bonchev–Trinajstić information content (AvgIpc) is 2.11. The summed E-state index contributed by atoms with van der Waals surface area (Å²) in [6.07, 6.45) is 0. The molecule has 5 heteroatoms. The largest absolute Gasteiger partial charge is 0.397 e. The summed E-state index contributed by atoms with van der Waals surface area (Å²) in [6, 6.07) is 1.61. The van der Waals surface area contributed by atoms with Gasteiger partial charge >= 0.3 is 0 Å². The molecule has 2 nitrogen and oxygen atoms in total. The molecule has 0 atom stereocenters. The molecule has 0 bridgehead atoms. The number of nitrogens with two attached hydrogens (primary N) is 1. The van der Waals surface area contributed by atoms with Gasteiger partial charge in [-0.3, -0.25) is 0 Å². The molecule has 0 radical (unpaired) electrons. The third-order valence-electron chi connectivity index (χ3n) is 1.57. The molecule has 1 aromatic rings. The highest BCUT2D eigenvalue weighted by Gasteiger charge is 2.12. The topological polar surface area (TPSA) is 35.2 Å². The summed E-state index contributed by atoms with van der Waals surface area (Å²) in [4.78, 5) is 0. The van der Waals surface area contributed by atoms with Gasteiger partial charge in [-0.1, -0.05) is 0 Å². The van der Waals surface area contributed by atoms with Crippen LogP contribution in [0.3, 0.4) is 0 Å². The Morgan fingerprint density at radius 1 is 1.54 bits per heavy atom. The fourth-order valence-corrected chi connectivity index (χ4v) is 2.13. The maximum atomic E-state index is 13.4. The van der Waals surface area contributed by atoms with Crippen LogP contribution in [0.2, 0.25) is 0 Å². The summed E-state index contributed by atoms with van der Waals surface area (Å²) in [5.74, 6) is -0.373. The van der Waals surface area contributed by atoms with Gasteiger partial charge in [-0.2, -0.15) is 0 Å². The van der Waals surface area contributed by atoms with Crippen LogP contribution in [0, 0.1) is 5.82 Å². The molecule has 0 aromatic heterocycles. The lowest BCUT2D eigenvalue weighted by molar-refractivity contribution is 0.181. The molecule has 0 aliphatic rings. The van der Waals surface area contributed by atoms with Gasteiger partial charge in [-0.25, -0.2) is 4.39 Å². The SMILES string of the molecule is COCc1cc(Br)c(N)c(Br)c1F. The van der Waals surface area contributed by atoms with E-state index in [0.29, 0.717) is 15.7 Å². The number of methoxy groups -OCH3 is 1. The third kappa shape index (κ3) is 2.21. The summed E-state index contributed by atoms with van der Waals surface area (Å²) in [5.41, 5.74) is 6.40. The van der Waals surface area contributed by atoms with E-state index in [2.05, 4.69) is 31.9 Å². The summed E-state index contributed by atoms with van der Waals surface area (Å²) in [6.45, 7) is 0.226. The highest BCUT2D eigenvalue weighted by atomic mass is 79.9. The van der Waals surface area contributed by atoms with Crippen molar-refractivity contribution >= 4 is 37.5 Å². The van der Waals surface area contributed by atoms with E-state index in [9.17, 15) is 4.39 Å². The van der Waals surface area contributed by atoms with E-state index >= 15 is 0 Å². The zero-order chi connectivity index (χ0) is 10.0. The molecular weight excluding hydrogens is 305 g/mol. The second-order valence-electron chi connectivity index (χ2n) is 2.49. The Bertz CT molecular complexity index is 330. The Kier molecular flexibility index (Phi) is 3.70. The van der Waals surface area contributed by atoms with Crippen LogP contribution < -0.4 is 5.73 Å². The van der Waals surface area contributed by atoms with Gasteiger partial charge in [0.15, 0.2) is 0 Å². The molecule has 1 aromatic carbocycles. The zero-order valence-electron chi connectivity index (χ0n) is 6.90. The van der Waals surface area contributed by atoms with E-state index in [4.69, 9.17) is 10.5 Å². The lowest BCUT2D eigenvalue weighted by Gasteiger charge is -2.08. The highest BCUT2D eigenvalue weighted by Crippen LogP contribution is 2.32. The van der Waals surface area contributed by atoms with Crippen molar-refractivity contribution in [1.29, 1.82) is 0 Å². The Labute approximate surface area is 92.5 Å².